The monoisotopic (exact) mass is 267 g/mol. The highest BCUT2D eigenvalue weighted by atomic mass is 16.5. The Balaban J connectivity index is 2.10. The lowest BCUT2D eigenvalue weighted by Gasteiger charge is -2.47. The van der Waals surface area contributed by atoms with Gasteiger partial charge in [-0.05, 0) is 51.5 Å². The molecular weight excluding hydrogens is 234 g/mol. The molecule has 0 radical (unpaired) electrons. The Labute approximate surface area is 119 Å². The van der Waals surface area contributed by atoms with Crippen LogP contribution in [0.1, 0.15) is 78.1 Å². The first kappa shape index (κ1) is 15.3. The van der Waals surface area contributed by atoms with E-state index in [0.29, 0.717) is 6.04 Å². The lowest BCUT2D eigenvalue weighted by atomic mass is 9.70. The van der Waals surface area contributed by atoms with Crippen LogP contribution < -0.4 is 5.32 Å². The van der Waals surface area contributed by atoms with Gasteiger partial charge >= 0.3 is 0 Å². The predicted molar refractivity (Wildman–Crippen MR) is 81.5 cm³/mol. The second-order valence-electron chi connectivity index (χ2n) is 6.53. The fourth-order valence-corrected chi connectivity index (χ4v) is 4.01. The minimum absolute atomic E-state index is 0.144. The molecular formula is C17H33NO. The van der Waals surface area contributed by atoms with Crippen molar-refractivity contribution in [3.8, 4) is 0 Å². The van der Waals surface area contributed by atoms with Crippen molar-refractivity contribution in [1.29, 1.82) is 0 Å². The van der Waals surface area contributed by atoms with Crippen LogP contribution in [0.4, 0.5) is 0 Å². The molecule has 2 rings (SSSR count). The summed E-state index contributed by atoms with van der Waals surface area (Å²) in [4.78, 5) is 0. The third-order valence-electron chi connectivity index (χ3n) is 5.18. The van der Waals surface area contributed by atoms with E-state index < -0.39 is 0 Å². The fraction of sp³-hybridized carbons (Fsp3) is 1.00. The molecule has 0 amide bonds. The van der Waals surface area contributed by atoms with Crippen molar-refractivity contribution in [3.63, 3.8) is 0 Å². The predicted octanol–water partition coefficient (Wildman–Crippen LogP) is 4.28. The van der Waals surface area contributed by atoms with Crippen LogP contribution in [0.5, 0.6) is 0 Å². The molecule has 1 unspecified atom stereocenters. The number of rotatable bonds is 7. The molecule has 0 aromatic carbocycles. The molecule has 19 heavy (non-hydrogen) atoms. The summed E-state index contributed by atoms with van der Waals surface area (Å²) in [6.07, 6.45) is 13.6. The Kier molecular flexibility index (Phi) is 6.15. The molecule has 0 aromatic heterocycles. The topological polar surface area (TPSA) is 21.3 Å². The van der Waals surface area contributed by atoms with Crippen molar-refractivity contribution >= 4 is 0 Å². The Morgan fingerprint density at radius 3 is 2.21 bits per heavy atom. The molecule has 0 aromatic rings. The van der Waals surface area contributed by atoms with Crippen LogP contribution in [0.3, 0.4) is 0 Å². The average Bonchev–Trinajstić information content (AvgIpc) is 2.59. The highest BCUT2D eigenvalue weighted by Crippen LogP contribution is 2.42. The summed E-state index contributed by atoms with van der Waals surface area (Å²) in [5, 5.41) is 3.87. The summed E-state index contributed by atoms with van der Waals surface area (Å²) in [5.74, 6) is 0.871. The van der Waals surface area contributed by atoms with Crippen LogP contribution in [0.2, 0.25) is 0 Å². The summed E-state index contributed by atoms with van der Waals surface area (Å²) in [6, 6.07) is 0.610. The maximum atomic E-state index is 6.40. The highest BCUT2D eigenvalue weighted by molar-refractivity contribution is 5.00. The Morgan fingerprint density at radius 1 is 1.05 bits per heavy atom. The molecule has 1 N–H and O–H groups in total. The lowest BCUT2D eigenvalue weighted by molar-refractivity contribution is -0.0980. The molecule has 0 saturated heterocycles. The van der Waals surface area contributed by atoms with Gasteiger partial charge in [-0.1, -0.05) is 39.0 Å². The van der Waals surface area contributed by atoms with E-state index in [9.17, 15) is 0 Å². The van der Waals surface area contributed by atoms with E-state index in [-0.39, 0.29) is 5.60 Å². The lowest BCUT2D eigenvalue weighted by Crippen LogP contribution is -2.57. The zero-order valence-electron chi connectivity index (χ0n) is 13.0. The van der Waals surface area contributed by atoms with E-state index in [1.54, 1.807) is 0 Å². The van der Waals surface area contributed by atoms with Crippen LogP contribution >= 0.6 is 0 Å². The summed E-state index contributed by atoms with van der Waals surface area (Å²) in [7, 11) is 0. The standard InChI is InChI=1S/C17H33NO/c1-3-14-18-16(15-10-9-11-15)17(19-4-2)12-7-5-6-8-13-17/h15-16,18H,3-14H2,1-2H3. The molecule has 2 aliphatic carbocycles. The molecule has 2 nitrogen and oxygen atoms in total. The molecule has 0 heterocycles. The second-order valence-corrected chi connectivity index (χ2v) is 6.53. The van der Waals surface area contributed by atoms with E-state index in [0.717, 1.165) is 19.1 Å². The van der Waals surface area contributed by atoms with E-state index in [1.165, 1.54) is 64.2 Å². The van der Waals surface area contributed by atoms with Crippen molar-refractivity contribution < 1.29 is 4.74 Å². The maximum Gasteiger partial charge on any atom is 0.0837 e. The zero-order valence-corrected chi connectivity index (χ0v) is 13.0. The molecule has 2 saturated carbocycles. The Bertz CT molecular complexity index is 242. The molecule has 112 valence electrons. The van der Waals surface area contributed by atoms with Gasteiger partial charge in [0.1, 0.15) is 0 Å². The van der Waals surface area contributed by atoms with Gasteiger partial charge in [0.15, 0.2) is 0 Å². The van der Waals surface area contributed by atoms with Gasteiger partial charge in [0.25, 0.3) is 0 Å². The number of hydrogen-bond acceptors (Lipinski definition) is 2. The van der Waals surface area contributed by atoms with Crippen LogP contribution in [0.15, 0.2) is 0 Å². The molecule has 2 aliphatic rings. The molecule has 0 bridgehead atoms. The normalized spacial score (nSPS) is 25.6. The first-order valence-corrected chi connectivity index (χ1v) is 8.69. The van der Waals surface area contributed by atoms with Gasteiger partial charge in [-0.3, -0.25) is 0 Å². The van der Waals surface area contributed by atoms with Crippen LogP contribution in [-0.4, -0.2) is 24.8 Å². The average molecular weight is 267 g/mol. The molecule has 0 spiro atoms. The molecule has 2 fully saturated rings. The minimum Gasteiger partial charge on any atom is -0.374 e. The molecule has 1 atom stereocenters. The van der Waals surface area contributed by atoms with E-state index in [1.807, 2.05) is 0 Å². The van der Waals surface area contributed by atoms with Crippen molar-refractivity contribution in [2.75, 3.05) is 13.2 Å². The third-order valence-corrected chi connectivity index (χ3v) is 5.18. The summed E-state index contributed by atoms with van der Waals surface area (Å²) in [5.41, 5.74) is 0.144. The van der Waals surface area contributed by atoms with E-state index >= 15 is 0 Å². The number of nitrogens with one attached hydrogen (secondary N) is 1. The first-order valence-electron chi connectivity index (χ1n) is 8.69. The van der Waals surface area contributed by atoms with Gasteiger partial charge in [0.2, 0.25) is 0 Å². The van der Waals surface area contributed by atoms with Gasteiger partial charge < -0.3 is 10.1 Å². The van der Waals surface area contributed by atoms with Gasteiger partial charge in [0, 0.05) is 12.6 Å². The summed E-state index contributed by atoms with van der Waals surface area (Å²) in [6.45, 7) is 6.46. The van der Waals surface area contributed by atoms with Crippen LogP contribution in [0.25, 0.3) is 0 Å². The molecule has 2 heteroatoms. The van der Waals surface area contributed by atoms with E-state index in [4.69, 9.17) is 4.74 Å². The van der Waals surface area contributed by atoms with Crippen molar-refractivity contribution in [2.45, 2.75) is 89.7 Å². The quantitative estimate of drug-likeness (QED) is 0.695. The van der Waals surface area contributed by atoms with Gasteiger partial charge in [-0.25, -0.2) is 0 Å². The van der Waals surface area contributed by atoms with Crippen molar-refractivity contribution in [2.24, 2.45) is 5.92 Å². The van der Waals surface area contributed by atoms with Crippen LogP contribution in [0, 0.1) is 5.92 Å². The maximum absolute atomic E-state index is 6.40. The number of hydrogen-bond donors (Lipinski definition) is 1. The summed E-state index contributed by atoms with van der Waals surface area (Å²) >= 11 is 0. The minimum atomic E-state index is 0.144. The first-order chi connectivity index (χ1) is 9.32. The zero-order chi connectivity index (χ0) is 13.6. The molecule has 0 aliphatic heterocycles. The highest BCUT2D eigenvalue weighted by Gasteiger charge is 2.44. The van der Waals surface area contributed by atoms with Gasteiger partial charge in [0.05, 0.1) is 5.60 Å². The SMILES string of the molecule is CCCNC(C1CCC1)C1(OCC)CCCCCC1. The number of ether oxygens (including phenoxy) is 1. The summed E-state index contributed by atoms with van der Waals surface area (Å²) < 4.78 is 6.40. The Hall–Kier alpha value is -0.0800. The second kappa shape index (κ2) is 7.64. The smallest absolute Gasteiger partial charge is 0.0837 e. The van der Waals surface area contributed by atoms with E-state index in [2.05, 4.69) is 19.2 Å². The van der Waals surface area contributed by atoms with Gasteiger partial charge in [-0.15, -0.1) is 0 Å². The van der Waals surface area contributed by atoms with Crippen molar-refractivity contribution in [1.82, 2.24) is 5.32 Å². The third kappa shape index (κ3) is 3.72. The largest absolute Gasteiger partial charge is 0.374 e. The van der Waals surface area contributed by atoms with Gasteiger partial charge in [-0.2, -0.15) is 0 Å². The fourth-order valence-electron chi connectivity index (χ4n) is 4.01. The van der Waals surface area contributed by atoms with Crippen LogP contribution in [-0.2, 0) is 4.74 Å². The Morgan fingerprint density at radius 2 is 1.74 bits per heavy atom. The van der Waals surface area contributed by atoms with Crippen molar-refractivity contribution in [3.05, 3.63) is 0 Å².